The average molecular weight is 844 g/mol. The second-order valence-electron chi connectivity index (χ2n) is 18.1. The topological polar surface area (TPSA) is 169 Å². The molecular weight excluding hydrogens is 747 g/mol. The highest BCUT2D eigenvalue weighted by molar-refractivity contribution is 5.76. The zero-order valence-electron chi connectivity index (χ0n) is 38.4. The van der Waals surface area contributed by atoms with E-state index in [1.54, 1.807) is 0 Å². The number of aliphatic hydroxyl groups excluding tert-OH is 6. The van der Waals surface area contributed by atoms with Crippen LogP contribution < -0.4 is 5.32 Å². The number of hydrogen-bond donors (Lipinski definition) is 7. The molecule has 7 N–H and O–H groups in total. The van der Waals surface area contributed by atoms with Gasteiger partial charge in [-0.05, 0) is 12.8 Å². The fourth-order valence-electron chi connectivity index (χ4n) is 8.38. The Balaban J connectivity index is 2.23. The lowest BCUT2D eigenvalue weighted by Gasteiger charge is -2.38. The molecule has 1 aliphatic heterocycles. The summed E-state index contributed by atoms with van der Waals surface area (Å²) in [6.07, 6.45) is 34.3. The summed E-state index contributed by atoms with van der Waals surface area (Å²) in [5.41, 5.74) is 0. The summed E-state index contributed by atoms with van der Waals surface area (Å²) >= 11 is 0. The van der Waals surface area contributed by atoms with Gasteiger partial charge in [0, 0.05) is 6.42 Å². The number of carbonyl (C=O) groups is 1. The third kappa shape index (κ3) is 30.8. The Morgan fingerprint density at radius 1 is 0.492 bits per heavy atom. The van der Waals surface area contributed by atoms with Gasteiger partial charge in [-0.1, -0.05) is 232 Å². The van der Waals surface area contributed by atoms with E-state index in [2.05, 4.69) is 19.2 Å². The molecule has 0 aromatic heterocycles. The van der Waals surface area contributed by atoms with Gasteiger partial charge >= 0.3 is 0 Å². The third-order valence-corrected chi connectivity index (χ3v) is 12.5. The van der Waals surface area contributed by atoms with Gasteiger partial charge in [0.1, 0.15) is 24.4 Å². The number of rotatable bonds is 43. The van der Waals surface area contributed by atoms with Crippen LogP contribution in [-0.4, -0.2) is 92.3 Å². The Kier molecular flexibility index (Phi) is 38.0. The number of carbonyl (C=O) groups excluding carboxylic acids is 1. The van der Waals surface area contributed by atoms with Crippen molar-refractivity contribution in [3.8, 4) is 0 Å². The lowest BCUT2D eigenvalue weighted by Crippen LogP contribution is -2.59. The van der Waals surface area contributed by atoms with E-state index in [1.807, 2.05) is 0 Å². The zero-order chi connectivity index (χ0) is 43.2. The first-order chi connectivity index (χ1) is 28.7. The van der Waals surface area contributed by atoms with Gasteiger partial charge in [-0.3, -0.25) is 4.79 Å². The van der Waals surface area contributed by atoms with Crippen molar-refractivity contribution in [2.75, 3.05) is 6.61 Å². The van der Waals surface area contributed by atoms with Crippen molar-refractivity contribution in [3.05, 3.63) is 0 Å². The molecule has 10 heteroatoms. The Hall–Kier alpha value is -0.850. The van der Waals surface area contributed by atoms with Crippen LogP contribution in [0.3, 0.4) is 0 Å². The first-order valence-electron chi connectivity index (χ1n) is 25.4. The predicted octanol–water partition coefficient (Wildman–Crippen LogP) is 10.4. The van der Waals surface area contributed by atoms with Crippen molar-refractivity contribution in [2.45, 2.75) is 301 Å². The Morgan fingerprint density at radius 3 is 1.20 bits per heavy atom. The van der Waals surface area contributed by atoms with Crippen LogP contribution in [0.25, 0.3) is 0 Å². The van der Waals surface area contributed by atoms with Gasteiger partial charge < -0.3 is 45.4 Å². The molecule has 0 aromatic carbocycles. The third-order valence-electron chi connectivity index (χ3n) is 12.5. The minimum atomic E-state index is -1.77. The van der Waals surface area contributed by atoms with Crippen LogP contribution in [-0.2, 0) is 14.3 Å². The molecule has 0 saturated carbocycles. The second kappa shape index (κ2) is 40.0. The normalized spacial score (nSPS) is 21.1. The van der Waals surface area contributed by atoms with Gasteiger partial charge in [0.25, 0.3) is 0 Å². The number of amides is 1. The van der Waals surface area contributed by atoms with E-state index >= 15 is 0 Å². The van der Waals surface area contributed by atoms with Gasteiger partial charge in [0.2, 0.25) is 5.91 Å². The van der Waals surface area contributed by atoms with Crippen molar-refractivity contribution >= 4 is 5.91 Å². The standard InChI is InChI=1S/C49H97NO9/c1-3-5-7-9-11-13-15-17-18-19-20-21-22-23-24-25-26-27-29-31-33-35-37-39-43(52)50-41(40-58-49-47(56)45(54)46(55)48(57)59-49)44(53)42(51)38-36-34-32-30-28-16-14-12-10-8-6-4-2/h41-42,44-49,51,53-57H,3-40H2,1-2H3,(H,50,52)/t41-,42+,44-,45?,46?,47?,48?,49?/m0/s1. The number of hydrogen-bond acceptors (Lipinski definition) is 9. The number of unbranched alkanes of at least 4 members (excludes halogenated alkanes) is 33. The summed E-state index contributed by atoms with van der Waals surface area (Å²) in [6.45, 7) is 4.19. The molecule has 10 nitrogen and oxygen atoms in total. The summed E-state index contributed by atoms with van der Waals surface area (Å²) in [4.78, 5) is 13.0. The van der Waals surface area contributed by atoms with E-state index in [1.165, 1.54) is 173 Å². The minimum Gasteiger partial charge on any atom is -0.390 e. The van der Waals surface area contributed by atoms with E-state index in [4.69, 9.17) is 9.47 Å². The Morgan fingerprint density at radius 2 is 0.831 bits per heavy atom. The molecule has 5 unspecified atom stereocenters. The molecule has 1 rings (SSSR count). The van der Waals surface area contributed by atoms with Gasteiger partial charge in [-0.15, -0.1) is 0 Å². The molecule has 0 bridgehead atoms. The molecule has 0 aliphatic carbocycles. The summed E-state index contributed by atoms with van der Waals surface area (Å²) in [6, 6.07) is -1.00. The molecule has 59 heavy (non-hydrogen) atoms. The average Bonchev–Trinajstić information content (AvgIpc) is 3.23. The van der Waals surface area contributed by atoms with E-state index in [-0.39, 0.29) is 18.9 Å². The maximum absolute atomic E-state index is 13.0. The van der Waals surface area contributed by atoms with E-state index in [0.717, 1.165) is 51.4 Å². The van der Waals surface area contributed by atoms with Gasteiger partial charge in [-0.2, -0.15) is 0 Å². The molecule has 1 saturated heterocycles. The number of nitrogens with one attached hydrogen (secondary N) is 1. The monoisotopic (exact) mass is 844 g/mol. The van der Waals surface area contributed by atoms with Crippen LogP contribution in [0.1, 0.15) is 251 Å². The highest BCUT2D eigenvalue weighted by atomic mass is 16.7. The first-order valence-corrected chi connectivity index (χ1v) is 25.4. The minimum absolute atomic E-state index is 0.265. The fraction of sp³-hybridized carbons (Fsp3) is 0.980. The van der Waals surface area contributed by atoms with Gasteiger partial charge in [0.15, 0.2) is 12.6 Å². The van der Waals surface area contributed by atoms with Crippen LogP contribution in [0.5, 0.6) is 0 Å². The van der Waals surface area contributed by atoms with Gasteiger partial charge in [0.05, 0.1) is 18.8 Å². The van der Waals surface area contributed by atoms with Crippen molar-refractivity contribution < 1.29 is 44.9 Å². The Labute approximate surface area is 362 Å². The molecule has 1 fully saturated rings. The lowest BCUT2D eigenvalue weighted by molar-refractivity contribution is -0.341. The van der Waals surface area contributed by atoms with Crippen LogP contribution in [0.4, 0.5) is 0 Å². The van der Waals surface area contributed by atoms with Crippen LogP contribution in [0.2, 0.25) is 0 Å². The smallest absolute Gasteiger partial charge is 0.220 e. The van der Waals surface area contributed by atoms with E-state index < -0.39 is 49.1 Å². The summed E-state index contributed by atoms with van der Waals surface area (Å²) in [5, 5.41) is 64.9. The molecule has 8 atom stereocenters. The van der Waals surface area contributed by atoms with Crippen molar-refractivity contribution in [1.29, 1.82) is 0 Å². The summed E-state index contributed by atoms with van der Waals surface area (Å²) in [7, 11) is 0. The van der Waals surface area contributed by atoms with Crippen LogP contribution in [0.15, 0.2) is 0 Å². The first kappa shape index (κ1) is 56.2. The molecule has 0 aromatic rings. The van der Waals surface area contributed by atoms with Crippen LogP contribution >= 0.6 is 0 Å². The van der Waals surface area contributed by atoms with E-state index in [9.17, 15) is 35.4 Å². The van der Waals surface area contributed by atoms with Crippen molar-refractivity contribution in [3.63, 3.8) is 0 Å². The summed E-state index contributed by atoms with van der Waals surface area (Å²) in [5.74, 6) is -0.265. The summed E-state index contributed by atoms with van der Waals surface area (Å²) < 4.78 is 10.7. The Bertz CT molecular complexity index is 913. The van der Waals surface area contributed by atoms with Gasteiger partial charge in [-0.25, -0.2) is 0 Å². The van der Waals surface area contributed by atoms with Crippen molar-refractivity contribution in [1.82, 2.24) is 5.32 Å². The van der Waals surface area contributed by atoms with Crippen molar-refractivity contribution in [2.24, 2.45) is 0 Å². The van der Waals surface area contributed by atoms with E-state index in [0.29, 0.717) is 6.42 Å². The second-order valence-corrected chi connectivity index (χ2v) is 18.1. The highest BCUT2D eigenvalue weighted by Crippen LogP contribution is 2.22. The molecule has 0 radical (unpaired) electrons. The number of ether oxygens (including phenoxy) is 2. The molecule has 1 amide bonds. The highest BCUT2D eigenvalue weighted by Gasteiger charge is 2.44. The fourth-order valence-corrected chi connectivity index (χ4v) is 8.38. The largest absolute Gasteiger partial charge is 0.390 e. The quantitative estimate of drug-likeness (QED) is 0.0295. The van der Waals surface area contributed by atoms with Crippen LogP contribution in [0, 0.1) is 0 Å². The molecule has 352 valence electrons. The number of aliphatic hydroxyl groups is 6. The maximum Gasteiger partial charge on any atom is 0.220 e. The zero-order valence-corrected chi connectivity index (χ0v) is 38.4. The maximum atomic E-state index is 13.0. The molecule has 0 spiro atoms. The predicted molar refractivity (Wildman–Crippen MR) is 241 cm³/mol. The lowest BCUT2D eigenvalue weighted by atomic mass is 9.99. The molecule has 1 aliphatic rings. The molecule has 1 heterocycles. The molecular formula is C49H97NO9. The SMILES string of the molecule is CCCCCCCCCCCCCCCCCCCCCCCCCC(=O)N[C@@H](COC1OC(O)C(O)C(O)C1O)[C@H](O)[C@H](O)CCCCCCCCCCCCCC.